The van der Waals surface area contributed by atoms with Crippen molar-refractivity contribution in [2.24, 2.45) is 0 Å². The van der Waals surface area contributed by atoms with Gasteiger partial charge in [0.25, 0.3) is 0 Å². The van der Waals surface area contributed by atoms with Crippen LogP contribution in [0.5, 0.6) is 0 Å². The smallest absolute Gasteiger partial charge is 0.315 e. The van der Waals surface area contributed by atoms with Gasteiger partial charge in [-0.05, 0) is 13.0 Å². The topological polar surface area (TPSA) is 15.3 Å². The van der Waals surface area contributed by atoms with Crippen molar-refractivity contribution in [1.82, 2.24) is 10.2 Å². The lowest BCUT2D eigenvalue weighted by Gasteiger charge is -2.28. The second-order valence-corrected chi connectivity index (χ2v) is 2.90. The molecule has 1 N–H and O–H groups in total. The van der Waals surface area contributed by atoms with Crippen LogP contribution in [0.25, 0.3) is 0 Å². The Morgan fingerprint density at radius 1 is 1.50 bits per heavy atom. The first-order valence-corrected chi connectivity index (χ1v) is 4.10. The predicted molar refractivity (Wildman–Crippen MR) is 39.7 cm³/mol. The molecule has 1 aliphatic heterocycles. The highest BCUT2D eigenvalue weighted by Crippen LogP contribution is 2.25. The average Bonchev–Trinajstić information content (AvgIpc) is 2.38. The van der Waals surface area contributed by atoms with Crippen molar-refractivity contribution in [2.75, 3.05) is 19.6 Å². The van der Waals surface area contributed by atoms with E-state index in [1.54, 1.807) is 0 Å². The van der Waals surface area contributed by atoms with Crippen LogP contribution in [0.3, 0.4) is 0 Å². The molecule has 12 heavy (non-hydrogen) atoms. The van der Waals surface area contributed by atoms with Gasteiger partial charge in [0.05, 0.1) is 0 Å². The molecule has 1 saturated heterocycles. The Morgan fingerprint density at radius 2 is 2.17 bits per heavy atom. The van der Waals surface area contributed by atoms with E-state index in [0.717, 1.165) is 0 Å². The molecule has 0 aromatic heterocycles. The minimum atomic E-state index is -4.18. The number of halogens is 3. The number of hydrogen-bond acceptors (Lipinski definition) is 2. The first-order valence-electron chi connectivity index (χ1n) is 4.10. The van der Waals surface area contributed by atoms with Crippen LogP contribution in [0.1, 0.15) is 13.3 Å². The molecule has 1 unspecified atom stereocenters. The summed E-state index contributed by atoms with van der Waals surface area (Å²) < 4.78 is 36.8. The molecule has 0 radical (unpaired) electrons. The van der Waals surface area contributed by atoms with Gasteiger partial charge < -0.3 is 5.32 Å². The fourth-order valence-electron chi connectivity index (χ4n) is 1.55. The van der Waals surface area contributed by atoms with E-state index >= 15 is 0 Å². The molecule has 0 amide bonds. The Hall–Kier alpha value is -0.290. The number of alkyl halides is 3. The average molecular weight is 182 g/mol. The Morgan fingerprint density at radius 3 is 2.50 bits per heavy atom. The summed E-state index contributed by atoms with van der Waals surface area (Å²) in [7, 11) is 0. The van der Waals surface area contributed by atoms with E-state index in [1.807, 2.05) is 0 Å². The van der Waals surface area contributed by atoms with Crippen molar-refractivity contribution in [3.05, 3.63) is 0 Å². The van der Waals surface area contributed by atoms with Crippen LogP contribution < -0.4 is 5.32 Å². The van der Waals surface area contributed by atoms with E-state index in [-0.39, 0.29) is 12.6 Å². The van der Waals surface area contributed by atoms with Gasteiger partial charge in [-0.3, -0.25) is 0 Å². The maximum atomic E-state index is 12.3. The van der Waals surface area contributed by atoms with E-state index in [4.69, 9.17) is 0 Å². The van der Waals surface area contributed by atoms with Gasteiger partial charge in [-0.15, -0.1) is 0 Å². The van der Waals surface area contributed by atoms with E-state index < -0.39 is 6.30 Å². The van der Waals surface area contributed by atoms with Crippen LogP contribution in [0.4, 0.5) is 13.2 Å². The summed E-state index contributed by atoms with van der Waals surface area (Å²) in [4.78, 5) is 0.590. The maximum Gasteiger partial charge on any atom is 0.460 e. The zero-order chi connectivity index (χ0) is 9.19. The highest BCUT2D eigenvalue weighted by Gasteiger charge is 2.41. The Bertz CT molecular complexity index is 140. The van der Waals surface area contributed by atoms with Crippen molar-refractivity contribution in [2.45, 2.75) is 25.7 Å². The van der Waals surface area contributed by atoms with Crippen LogP contribution >= 0.6 is 0 Å². The molecule has 5 heteroatoms. The first-order chi connectivity index (χ1) is 5.55. The Balaban J connectivity index is 2.54. The van der Waals surface area contributed by atoms with Gasteiger partial charge >= 0.3 is 6.30 Å². The third-order valence-electron chi connectivity index (χ3n) is 2.14. The summed E-state index contributed by atoms with van der Waals surface area (Å²) in [5, 5.41) is 2.92. The standard InChI is InChI=1S/C7H13F3N2/c1-2-12(7(8,9)10)6-3-4-11-5-6/h6,11H,2-5H2,1H3. The zero-order valence-corrected chi connectivity index (χ0v) is 6.99. The molecule has 2 nitrogen and oxygen atoms in total. The van der Waals surface area contributed by atoms with Gasteiger partial charge in [-0.2, -0.15) is 13.2 Å². The largest absolute Gasteiger partial charge is 0.460 e. The zero-order valence-electron chi connectivity index (χ0n) is 6.99. The van der Waals surface area contributed by atoms with Crippen LogP contribution in [0.2, 0.25) is 0 Å². The molecule has 0 aromatic rings. The molecular weight excluding hydrogens is 169 g/mol. The van der Waals surface area contributed by atoms with Gasteiger partial charge in [0, 0.05) is 19.1 Å². The summed E-state index contributed by atoms with van der Waals surface area (Å²) in [6, 6.07) is -0.366. The molecule has 1 aliphatic rings. The minimum absolute atomic E-state index is 0.0375. The normalized spacial score (nSPS) is 25.2. The molecule has 0 spiro atoms. The van der Waals surface area contributed by atoms with Crippen LogP contribution in [-0.2, 0) is 0 Å². The lowest BCUT2D eigenvalue weighted by molar-refractivity contribution is -0.255. The number of nitrogens with one attached hydrogen (secondary N) is 1. The summed E-state index contributed by atoms with van der Waals surface area (Å²) >= 11 is 0. The lowest BCUT2D eigenvalue weighted by Crippen LogP contribution is -2.46. The number of likely N-dealkylation sites (N-methyl/N-ethyl adjacent to an activating group) is 1. The van der Waals surface area contributed by atoms with E-state index in [9.17, 15) is 13.2 Å². The monoisotopic (exact) mass is 182 g/mol. The molecule has 1 fully saturated rings. The van der Waals surface area contributed by atoms with Crippen LogP contribution in [0, 0.1) is 0 Å². The van der Waals surface area contributed by atoms with Crippen molar-refractivity contribution < 1.29 is 13.2 Å². The molecule has 0 aromatic carbocycles. The molecule has 1 rings (SSSR count). The molecule has 0 saturated carbocycles. The minimum Gasteiger partial charge on any atom is -0.315 e. The SMILES string of the molecule is CCN(C1CCNC1)C(F)(F)F. The Kier molecular flexibility index (Phi) is 2.95. The molecule has 72 valence electrons. The molecular formula is C7H13F3N2. The van der Waals surface area contributed by atoms with Gasteiger partial charge in [-0.25, -0.2) is 4.90 Å². The first kappa shape index (κ1) is 9.80. The Labute approximate surface area is 69.7 Å². The number of rotatable bonds is 2. The molecule has 1 heterocycles. The van der Waals surface area contributed by atoms with Crippen molar-refractivity contribution >= 4 is 0 Å². The molecule has 0 aliphatic carbocycles. The van der Waals surface area contributed by atoms with Crippen LogP contribution in [0.15, 0.2) is 0 Å². The highest BCUT2D eigenvalue weighted by atomic mass is 19.4. The second kappa shape index (κ2) is 3.62. The quantitative estimate of drug-likeness (QED) is 0.645. The summed E-state index contributed by atoms with van der Waals surface area (Å²) in [5.74, 6) is 0. The number of hydrogen-bond donors (Lipinski definition) is 1. The van der Waals surface area contributed by atoms with Crippen molar-refractivity contribution in [1.29, 1.82) is 0 Å². The fraction of sp³-hybridized carbons (Fsp3) is 1.00. The van der Waals surface area contributed by atoms with Gasteiger partial charge in [-0.1, -0.05) is 6.92 Å². The maximum absolute atomic E-state index is 12.3. The summed E-state index contributed by atoms with van der Waals surface area (Å²) in [6.07, 6.45) is -3.58. The molecule has 0 bridgehead atoms. The summed E-state index contributed by atoms with van der Waals surface area (Å²) in [5.41, 5.74) is 0. The third-order valence-corrected chi connectivity index (χ3v) is 2.14. The highest BCUT2D eigenvalue weighted by molar-refractivity contribution is 4.81. The predicted octanol–water partition coefficient (Wildman–Crippen LogP) is 1.19. The fourth-order valence-corrected chi connectivity index (χ4v) is 1.55. The second-order valence-electron chi connectivity index (χ2n) is 2.90. The van der Waals surface area contributed by atoms with Gasteiger partial charge in [0.2, 0.25) is 0 Å². The van der Waals surface area contributed by atoms with Crippen molar-refractivity contribution in [3.8, 4) is 0 Å². The summed E-state index contributed by atoms with van der Waals surface area (Å²) in [6.45, 7) is 2.71. The van der Waals surface area contributed by atoms with Gasteiger partial charge in [0.1, 0.15) is 0 Å². The van der Waals surface area contributed by atoms with E-state index in [1.165, 1.54) is 6.92 Å². The van der Waals surface area contributed by atoms with E-state index in [2.05, 4.69) is 5.32 Å². The number of nitrogens with zero attached hydrogens (tertiary/aromatic N) is 1. The third kappa shape index (κ3) is 2.10. The van der Waals surface area contributed by atoms with E-state index in [0.29, 0.717) is 24.4 Å². The van der Waals surface area contributed by atoms with Crippen molar-refractivity contribution in [3.63, 3.8) is 0 Å². The van der Waals surface area contributed by atoms with Crippen LogP contribution in [-0.4, -0.2) is 36.9 Å². The molecule has 1 atom stereocenters. The lowest BCUT2D eigenvalue weighted by atomic mass is 10.2. The van der Waals surface area contributed by atoms with Gasteiger partial charge in [0.15, 0.2) is 0 Å².